The van der Waals surface area contributed by atoms with Crippen molar-refractivity contribution in [2.75, 3.05) is 11.4 Å². The number of rotatable bonds is 6. The van der Waals surface area contributed by atoms with Gasteiger partial charge in [-0.1, -0.05) is 48.9 Å². The summed E-state index contributed by atoms with van der Waals surface area (Å²) in [6.45, 7) is 2.49. The molecule has 0 aliphatic carbocycles. The third-order valence-corrected chi connectivity index (χ3v) is 4.22. The van der Waals surface area contributed by atoms with Crippen molar-refractivity contribution in [3.63, 3.8) is 0 Å². The van der Waals surface area contributed by atoms with E-state index in [-0.39, 0.29) is 11.4 Å². The summed E-state index contributed by atoms with van der Waals surface area (Å²) in [5, 5.41) is 7.58. The summed E-state index contributed by atoms with van der Waals surface area (Å²) < 4.78 is 40.7. The molecule has 0 N–H and O–H groups in total. The molecule has 0 saturated carbocycles. The maximum atomic E-state index is 13.3. The molecule has 146 valence electrons. The molecule has 5 nitrogen and oxygen atoms in total. The molecule has 3 rings (SSSR count). The number of hydrogen-bond donors (Lipinski definition) is 0. The van der Waals surface area contributed by atoms with Crippen molar-refractivity contribution < 1.29 is 18.0 Å². The van der Waals surface area contributed by atoms with E-state index in [0.717, 1.165) is 23.6 Å². The number of carbonyl (C=O) groups excluding carboxylic acids is 1. The Labute approximate surface area is 160 Å². The predicted molar refractivity (Wildman–Crippen MR) is 99.4 cm³/mol. The smallest absolute Gasteiger partial charge is 0.307 e. The number of para-hydroxylation sites is 2. The first-order chi connectivity index (χ1) is 13.4. The number of amides is 1. The standard InChI is InChI=1S/C20H19F3N4O/c1-2-3-13-26(15-9-5-4-6-10-15)19(28)17-14-27(25-24-17)18-12-8-7-11-16(18)20(21,22)23/h4-12,14H,2-3,13H2,1H3. The fourth-order valence-corrected chi connectivity index (χ4v) is 2.80. The van der Waals surface area contributed by atoms with Crippen LogP contribution >= 0.6 is 0 Å². The average molecular weight is 388 g/mol. The van der Waals surface area contributed by atoms with Gasteiger partial charge in [-0.15, -0.1) is 5.10 Å². The molecule has 2 aromatic carbocycles. The molecule has 28 heavy (non-hydrogen) atoms. The Bertz CT molecular complexity index is 938. The van der Waals surface area contributed by atoms with E-state index in [1.165, 1.54) is 24.4 Å². The lowest BCUT2D eigenvalue weighted by Crippen LogP contribution is -2.32. The van der Waals surface area contributed by atoms with Gasteiger partial charge in [0, 0.05) is 12.2 Å². The largest absolute Gasteiger partial charge is 0.418 e. The second-order valence-corrected chi connectivity index (χ2v) is 6.21. The zero-order valence-electron chi connectivity index (χ0n) is 15.2. The highest BCUT2D eigenvalue weighted by molar-refractivity contribution is 6.04. The van der Waals surface area contributed by atoms with Crippen LogP contribution in [0.25, 0.3) is 5.69 Å². The number of aromatic nitrogens is 3. The minimum atomic E-state index is -4.54. The first-order valence-electron chi connectivity index (χ1n) is 8.87. The summed E-state index contributed by atoms with van der Waals surface area (Å²) in [7, 11) is 0. The summed E-state index contributed by atoms with van der Waals surface area (Å²) in [6, 6.07) is 14.1. The Morgan fingerprint density at radius 2 is 1.75 bits per heavy atom. The molecule has 0 spiro atoms. The molecule has 0 fully saturated rings. The summed E-state index contributed by atoms with van der Waals surface area (Å²) in [5.74, 6) is -0.407. The number of halogens is 3. The van der Waals surface area contributed by atoms with Crippen LogP contribution in [-0.4, -0.2) is 27.4 Å². The van der Waals surface area contributed by atoms with E-state index in [1.807, 2.05) is 25.1 Å². The van der Waals surface area contributed by atoms with Gasteiger partial charge in [0.2, 0.25) is 0 Å². The van der Waals surface area contributed by atoms with Gasteiger partial charge < -0.3 is 4.90 Å². The number of anilines is 1. The molecule has 0 radical (unpaired) electrons. The third kappa shape index (κ3) is 4.21. The first kappa shape index (κ1) is 19.6. The van der Waals surface area contributed by atoms with Crippen molar-refractivity contribution in [3.05, 3.63) is 72.1 Å². The van der Waals surface area contributed by atoms with Crippen LogP contribution in [0.1, 0.15) is 35.8 Å². The van der Waals surface area contributed by atoms with Gasteiger partial charge in [0.15, 0.2) is 5.69 Å². The molecule has 1 heterocycles. The number of benzene rings is 2. The molecule has 1 amide bonds. The average Bonchev–Trinajstić information content (AvgIpc) is 3.18. The van der Waals surface area contributed by atoms with E-state index in [4.69, 9.17) is 0 Å². The molecule has 0 bridgehead atoms. The highest BCUT2D eigenvalue weighted by Gasteiger charge is 2.34. The monoisotopic (exact) mass is 388 g/mol. The highest BCUT2D eigenvalue weighted by atomic mass is 19.4. The van der Waals surface area contributed by atoms with Crippen LogP contribution in [0.5, 0.6) is 0 Å². The summed E-state index contributed by atoms with van der Waals surface area (Å²) in [6.07, 6.45) is -1.63. The lowest BCUT2D eigenvalue weighted by molar-refractivity contribution is -0.137. The summed E-state index contributed by atoms with van der Waals surface area (Å²) in [4.78, 5) is 14.5. The fraction of sp³-hybridized carbons (Fsp3) is 0.250. The molecule has 0 aliphatic rings. The first-order valence-corrected chi connectivity index (χ1v) is 8.87. The minimum absolute atomic E-state index is 0.0167. The van der Waals surface area contributed by atoms with E-state index in [2.05, 4.69) is 10.3 Å². The molecule has 3 aromatic rings. The molecule has 0 saturated heterocycles. The van der Waals surface area contributed by atoms with Crippen LogP contribution in [0.15, 0.2) is 60.8 Å². The Balaban J connectivity index is 1.94. The maximum absolute atomic E-state index is 13.3. The van der Waals surface area contributed by atoms with Crippen LogP contribution in [-0.2, 0) is 6.18 Å². The van der Waals surface area contributed by atoms with Crippen LogP contribution in [0.3, 0.4) is 0 Å². The topological polar surface area (TPSA) is 51.0 Å². The molecule has 8 heteroatoms. The van der Waals surface area contributed by atoms with E-state index >= 15 is 0 Å². The van der Waals surface area contributed by atoms with Gasteiger partial charge in [-0.05, 0) is 30.7 Å². The summed E-state index contributed by atoms with van der Waals surface area (Å²) >= 11 is 0. The number of carbonyl (C=O) groups is 1. The lowest BCUT2D eigenvalue weighted by atomic mass is 10.1. The van der Waals surface area contributed by atoms with Crippen molar-refractivity contribution in [1.82, 2.24) is 15.0 Å². The predicted octanol–water partition coefficient (Wildman–Crippen LogP) is 4.73. The maximum Gasteiger partial charge on any atom is 0.418 e. The van der Waals surface area contributed by atoms with Crippen molar-refractivity contribution >= 4 is 11.6 Å². The van der Waals surface area contributed by atoms with Crippen molar-refractivity contribution in [2.45, 2.75) is 25.9 Å². The molecule has 0 atom stereocenters. The second-order valence-electron chi connectivity index (χ2n) is 6.21. The lowest BCUT2D eigenvalue weighted by Gasteiger charge is -2.21. The van der Waals surface area contributed by atoms with Crippen LogP contribution < -0.4 is 4.90 Å². The molecular formula is C20H19F3N4O. The quantitative estimate of drug-likeness (QED) is 0.613. The van der Waals surface area contributed by atoms with Crippen molar-refractivity contribution in [2.24, 2.45) is 0 Å². The molecular weight excluding hydrogens is 369 g/mol. The third-order valence-electron chi connectivity index (χ3n) is 4.22. The van der Waals surface area contributed by atoms with Gasteiger partial charge in [0.25, 0.3) is 5.91 Å². The van der Waals surface area contributed by atoms with E-state index in [0.29, 0.717) is 12.2 Å². The number of unbranched alkanes of at least 4 members (excludes halogenated alkanes) is 1. The Kier molecular flexibility index (Phi) is 5.77. The van der Waals surface area contributed by atoms with Gasteiger partial charge in [-0.2, -0.15) is 13.2 Å². The van der Waals surface area contributed by atoms with Crippen LogP contribution in [0.2, 0.25) is 0 Å². The second kappa shape index (κ2) is 8.24. The van der Waals surface area contributed by atoms with E-state index in [1.54, 1.807) is 17.0 Å². The van der Waals surface area contributed by atoms with E-state index < -0.39 is 17.6 Å². The van der Waals surface area contributed by atoms with Crippen LogP contribution in [0, 0.1) is 0 Å². The Hall–Kier alpha value is -3.16. The van der Waals surface area contributed by atoms with Gasteiger partial charge in [-0.25, -0.2) is 4.68 Å². The van der Waals surface area contributed by atoms with Gasteiger partial charge in [-0.3, -0.25) is 4.79 Å². The fourth-order valence-electron chi connectivity index (χ4n) is 2.80. The van der Waals surface area contributed by atoms with Crippen LogP contribution in [0.4, 0.5) is 18.9 Å². The van der Waals surface area contributed by atoms with E-state index in [9.17, 15) is 18.0 Å². The van der Waals surface area contributed by atoms with Gasteiger partial charge in [0.05, 0.1) is 17.4 Å². The normalized spacial score (nSPS) is 11.4. The zero-order valence-corrected chi connectivity index (χ0v) is 15.2. The van der Waals surface area contributed by atoms with Crippen molar-refractivity contribution in [1.29, 1.82) is 0 Å². The Morgan fingerprint density at radius 3 is 2.43 bits per heavy atom. The molecule has 0 unspecified atom stereocenters. The number of hydrogen-bond acceptors (Lipinski definition) is 3. The Morgan fingerprint density at radius 1 is 1.07 bits per heavy atom. The molecule has 1 aromatic heterocycles. The van der Waals surface area contributed by atoms with Gasteiger partial charge >= 0.3 is 6.18 Å². The van der Waals surface area contributed by atoms with Crippen molar-refractivity contribution in [3.8, 4) is 5.69 Å². The molecule has 0 aliphatic heterocycles. The zero-order chi connectivity index (χ0) is 20.1. The minimum Gasteiger partial charge on any atom is -0.307 e. The highest BCUT2D eigenvalue weighted by Crippen LogP contribution is 2.33. The number of alkyl halides is 3. The summed E-state index contributed by atoms with van der Waals surface area (Å²) in [5.41, 5.74) is -0.339. The number of nitrogens with zero attached hydrogens (tertiary/aromatic N) is 4. The SMILES string of the molecule is CCCCN(C(=O)c1cn(-c2ccccc2C(F)(F)F)nn1)c1ccccc1. The van der Waals surface area contributed by atoms with Gasteiger partial charge in [0.1, 0.15) is 0 Å².